The van der Waals surface area contributed by atoms with E-state index < -0.39 is 0 Å². The van der Waals surface area contributed by atoms with Crippen LogP contribution >= 0.6 is 11.3 Å². The van der Waals surface area contributed by atoms with Gasteiger partial charge in [0.1, 0.15) is 0 Å². The summed E-state index contributed by atoms with van der Waals surface area (Å²) in [6, 6.07) is 33.4. The van der Waals surface area contributed by atoms with Crippen molar-refractivity contribution in [3.05, 3.63) is 133 Å². The fourth-order valence-electron chi connectivity index (χ4n) is 6.64. The summed E-state index contributed by atoms with van der Waals surface area (Å²) in [4.78, 5) is 0. The molecular weight excluding hydrogens is 504 g/mol. The van der Waals surface area contributed by atoms with Crippen molar-refractivity contribution in [3.63, 3.8) is 0 Å². The highest BCUT2D eigenvalue weighted by molar-refractivity contribution is 7.26. The summed E-state index contributed by atoms with van der Waals surface area (Å²) < 4.78 is 5.08. The monoisotopic (exact) mass is 528 g/mol. The van der Waals surface area contributed by atoms with Crippen molar-refractivity contribution in [1.29, 1.82) is 0 Å². The number of para-hydroxylation sites is 1. The molecule has 0 bridgehead atoms. The van der Waals surface area contributed by atoms with E-state index in [0.717, 1.165) is 5.57 Å². The average molecular weight is 529 g/mol. The highest BCUT2D eigenvalue weighted by Crippen LogP contribution is 2.44. The SMILES string of the molecule is NC1C=CC=C/C1=C/c1cn2c3c1cccc3c1ccc3c4ccc(-c5cccc6ccccc56)cc4sc3c12. The lowest BCUT2D eigenvalue weighted by atomic mass is 9.97. The summed E-state index contributed by atoms with van der Waals surface area (Å²) in [6.07, 6.45) is 12.8. The smallest absolute Gasteiger partial charge is 0.0714 e. The summed E-state index contributed by atoms with van der Waals surface area (Å²) >= 11 is 1.90. The minimum atomic E-state index is -0.0768. The lowest BCUT2D eigenvalue weighted by molar-refractivity contribution is 0.979. The van der Waals surface area contributed by atoms with E-state index >= 15 is 0 Å². The molecule has 3 heteroatoms. The van der Waals surface area contributed by atoms with Gasteiger partial charge < -0.3 is 10.1 Å². The number of nitrogens with two attached hydrogens (primary N) is 1. The number of allylic oxidation sites excluding steroid dienone is 2. The summed E-state index contributed by atoms with van der Waals surface area (Å²) in [6.45, 7) is 0. The molecule has 2 N–H and O–H groups in total. The molecule has 0 saturated carbocycles. The third-order valence-electron chi connectivity index (χ3n) is 8.53. The number of benzene rings is 5. The summed E-state index contributed by atoms with van der Waals surface area (Å²) in [5, 5.41) is 9.08. The number of aromatic nitrogens is 1. The molecule has 0 spiro atoms. The molecule has 0 radical (unpaired) electrons. The minimum Gasteiger partial charge on any atom is -0.321 e. The van der Waals surface area contributed by atoms with Gasteiger partial charge in [-0.1, -0.05) is 109 Å². The average Bonchev–Trinajstić information content (AvgIpc) is 3.65. The Morgan fingerprint density at radius 2 is 1.48 bits per heavy atom. The van der Waals surface area contributed by atoms with Crippen molar-refractivity contribution in [3.8, 4) is 11.1 Å². The van der Waals surface area contributed by atoms with Crippen LogP contribution in [0.2, 0.25) is 0 Å². The van der Waals surface area contributed by atoms with Crippen LogP contribution in [0, 0.1) is 0 Å². The van der Waals surface area contributed by atoms with Crippen LogP contribution in [-0.4, -0.2) is 10.4 Å². The van der Waals surface area contributed by atoms with Gasteiger partial charge in [-0.3, -0.25) is 0 Å². The molecule has 0 fully saturated rings. The maximum Gasteiger partial charge on any atom is 0.0714 e. The predicted octanol–water partition coefficient (Wildman–Crippen LogP) is 9.71. The van der Waals surface area contributed by atoms with E-state index in [4.69, 9.17) is 5.73 Å². The van der Waals surface area contributed by atoms with Crippen LogP contribution in [-0.2, 0) is 0 Å². The van der Waals surface area contributed by atoms with Crippen LogP contribution in [0.15, 0.2) is 127 Å². The first-order chi connectivity index (χ1) is 19.7. The van der Waals surface area contributed by atoms with Gasteiger partial charge in [-0.2, -0.15) is 0 Å². The Kier molecular flexibility index (Phi) is 4.52. The van der Waals surface area contributed by atoms with Gasteiger partial charge in [-0.05, 0) is 39.6 Å². The second kappa shape index (κ2) is 8.15. The number of fused-ring (bicyclic) bond motifs is 8. The predicted molar refractivity (Wildman–Crippen MR) is 174 cm³/mol. The van der Waals surface area contributed by atoms with Crippen LogP contribution < -0.4 is 5.73 Å². The summed E-state index contributed by atoms with van der Waals surface area (Å²) in [5.74, 6) is 0. The number of hydrogen-bond donors (Lipinski definition) is 1. The van der Waals surface area contributed by atoms with Gasteiger partial charge in [0.05, 0.1) is 15.7 Å². The quantitative estimate of drug-likeness (QED) is 0.238. The number of thiophene rings is 1. The topological polar surface area (TPSA) is 30.4 Å². The molecule has 3 aromatic heterocycles. The van der Waals surface area contributed by atoms with Crippen LogP contribution in [0.25, 0.3) is 75.3 Å². The molecule has 2 nitrogen and oxygen atoms in total. The van der Waals surface area contributed by atoms with E-state index in [1.807, 2.05) is 23.5 Å². The van der Waals surface area contributed by atoms with Gasteiger partial charge in [-0.25, -0.2) is 0 Å². The molecular formula is C37H24N2S. The van der Waals surface area contributed by atoms with Gasteiger partial charge in [0, 0.05) is 49.4 Å². The molecule has 1 aliphatic carbocycles. The molecule has 8 aromatic rings. The molecule has 0 aliphatic heterocycles. The van der Waals surface area contributed by atoms with Gasteiger partial charge in [0.25, 0.3) is 0 Å². The van der Waals surface area contributed by atoms with Gasteiger partial charge in [0.2, 0.25) is 0 Å². The Morgan fingerprint density at radius 1 is 0.700 bits per heavy atom. The highest BCUT2D eigenvalue weighted by Gasteiger charge is 2.19. The lowest BCUT2D eigenvalue weighted by Crippen LogP contribution is -2.19. The van der Waals surface area contributed by atoms with E-state index in [2.05, 4.69) is 120 Å². The Morgan fingerprint density at radius 3 is 2.42 bits per heavy atom. The highest BCUT2D eigenvalue weighted by atomic mass is 32.1. The van der Waals surface area contributed by atoms with Crippen molar-refractivity contribution in [2.45, 2.75) is 6.04 Å². The minimum absolute atomic E-state index is 0.0768. The molecule has 5 aromatic carbocycles. The van der Waals surface area contributed by atoms with Crippen molar-refractivity contribution in [1.82, 2.24) is 4.40 Å². The fourth-order valence-corrected chi connectivity index (χ4v) is 7.93. The maximum atomic E-state index is 6.39. The van der Waals surface area contributed by atoms with Crippen molar-refractivity contribution >= 4 is 75.5 Å². The molecule has 1 atom stereocenters. The standard InChI is InChI=1S/C37H24N2S/c38-33-14-4-2-8-24(33)19-25-21-39-35-28(25)12-6-13-30(35)31-17-18-32-29-16-15-23(20-34(29)40-37(32)36(31)39)27-11-5-9-22-7-1-3-10-26(22)27/h1-21,33H,38H2/b24-19-. The zero-order chi connectivity index (χ0) is 26.4. The van der Waals surface area contributed by atoms with E-state index in [1.54, 1.807) is 0 Å². The van der Waals surface area contributed by atoms with E-state index in [0.29, 0.717) is 0 Å². The molecule has 1 unspecified atom stereocenters. The fraction of sp³-hybridized carbons (Fsp3) is 0.0270. The van der Waals surface area contributed by atoms with Gasteiger partial charge in [0.15, 0.2) is 0 Å². The Bertz CT molecular complexity index is 2390. The molecule has 188 valence electrons. The third-order valence-corrected chi connectivity index (χ3v) is 9.70. The number of nitrogens with zero attached hydrogens (tertiary/aromatic N) is 1. The maximum absolute atomic E-state index is 6.39. The van der Waals surface area contributed by atoms with E-state index in [9.17, 15) is 0 Å². The van der Waals surface area contributed by atoms with Gasteiger partial charge >= 0.3 is 0 Å². The zero-order valence-electron chi connectivity index (χ0n) is 21.6. The molecule has 0 amide bonds. The second-order valence-corrected chi connectivity index (χ2v) is 11.8. The van der Waals surface area contributed by atoms with E-state index in [1.165, 1.54) is 74.8 Å². The number of hydrogen-bond acceptors (Lipinski definition) is 2. The lowest BCUT2D eigenvalue weighted by Gasteiger charge is -2.11. The molecule has 3 heterocycles. The van der Waals surface area contributed by atoms with Gasteiger partial charge in [-0.15, -0.1) is 11.3 Å². The van der Waals surface area contributed by atoms with Crippen molar-refractivity contribution in [2.75, 3.05) is 0 Å². The van der Waals surface area contributed by atoms with E-state index in [-0.39, 0.29) is 6.04 Å². The van der Waals surface area contributed by atoms with Crippen LogP contribution in [0.4, 0.5) is 0 Å². The molecule has 9 rings (SSSR count). The first-order valence-corrected chi connectivity index (χ1v) is 14.5. The number of rotatable bonds is 2. The first kappa shape index (κ1) is 22.2. The van der Waals surface area contributed by atoms with Crippen LogP contribution in [0.3, 0.4) is 0 Å². The van der Waals surface area contributed by atoms with Crippen LogP contribution in [0.5, 0.6) is 0 Å². The first-order valence-electron chi connectivity index (χ1n) is 13.7. The van der Waals surface area contributed by atoms with Crippen molar-refractivity contribution < 1.29 is 0 Å². The zero-order valence-corrected chi connectivity index (χ0v) is 22.5. The Labute approximate surface area is 234 Å². The molecule has 40 heavy (non-hydrogen) atoms. The largest absolute Gasteiger partial charge is 0.321 e. The van der Waals surface area contributed by atoms with Crippen LogP contribution in [0.1, 0.15) is 5.56 Å². The normalized spacial score (nSPS) is 16.7. The second-order valence-electron chi connectivity index (χ2n) is 10.7. The van der Waals surface area contributed by atoms with Crippen molar-refractivity contribution in [2.24, 2.45) is 5.73 Å². The molecule has 0 saturated heterocycles. The third kappa shape index (κ3) is 3.02. The molecule has 1 aliphatic rings. The summed E-state index contributed by atoms with van der Waals surface area (Å²) in [5.41, 5.74) is 13.9. The Hall–Kier alpha value is -4.70. The summed E-state index contributed by atoms with van der Waals surface area (Å²) in [7, 11) is 0. The Balaban J connectivity index is 1.31.